The molecule has 0 atom stereocenters. The van der Waals surface area contributed by atoms with Gasteiger partial charge in [-0.25, -0.2) is 9.67 Å². The van der Waals surface area contributed by atoms with E-state index < -0.39 is 5.91 Å². The van der Waals surface area contributed by atoms with Crippen LogP contribution >= 0.6 is 34.8 Å². The van der Waals surface area contributed by atoms with Crippen molar-refractivity contribution in [2.24, 2.45) is 0 Å². The second-order valence-electron chi connectivity index (χ2n) is 6.60. The van der Waals surface area contributed by atoms with Crippen LogP contribution in [0.25, 0.3) is 17.1 Å². The van der Waals surface area contributed by atoms with Crippen LogP contribution in [-0.2, 0) is 0 Å². The third-order valence-corrected chi connectivity index (χ3v) is 5.10. The van der Waals surface area contributed by atoms with Gasteiger partial charge in [-0.15, -0.1) is 5.10 Å². The summed E-state index contributed by atoms with van der Waals surface area (Å²) >= 11 is 18.2. The Bertz CT molecular complexity index is 1190. The summed E-state index contributed by atoms with van der Waals surface area (Å²) in [6.07, 6.45) is 0. The van der Waals surface area contributed by atoms with E-state index in [1.165, 1.54) is 0 Å². The summed E-state index contributed by atoms with van der Waals surface area (Å²) in [6, 6.07) is 19.8. The molecule has 4 aromatic rings. The average molecular weight is 458 g/mol. The molecule has 0 radical (unpaired) electrons. The van der Waals surface area contributed by atoms with Crippen molar-refractivity contribution in [1.29, 1.82) is 0 Å². The molecule has 0 bridgehead atoms. The first-order valence-electron chi connectivity index (χ1n) is 8.97. The summed E-state index contributed by atoms with van der Waals surface area (Å²) in [5, 5.41) is 8.54. The van der Waals surface area contributed by atoms with Crippen LogP contribution in [0.5, 0.6) is 0 Å². The lowest BCUT2D eigenvalue weighted by Gasteiger charge is -2.07. The van der Waals surface area contributed by atoms with Gasteiger partial charge in [0.1, 0.15) is 0 Å². The number of hydrogen-bond acceptors (Lipinski definition) is 3. The monoisotopic (exact) mass is 456 g/mol. The molecule has 1 heterocycles. The number of aryl methyl sites for hydroxylation is 1. The van der Waals surface area contributed by atoms with Crippen molar-refractivity contribution in [1.82, 2.24) is 14.8 Å². The molecule has 0 unspecified atom stereocenters. The lowest BCUT2D eigenvalue weighted by atomic mass is 10.2. The average Bonchev–Trinajstić information content (AvgIpc) is 3.16. The predicted octanol–water partition coefficient (Wildman–Crippen LogP) is 6.46. The van der Waals surface area contributed by atoms with Gasteiger partial charge in [-0.05, 0) is 55.0 Å². The number of carbonyl (C=O) groups is 1. The molecule has 0 aliphatic rings. The molecule has 0 fully saturated rings. The highest BCUT2D eigenvalue weighted by molar-refractivity contribution is 6.36. The Hall–Kier alpha value is -2.86. The van der Waals surface area contributed by atoms with Gasteiger partial charge >= 0.3 is 0 Å². The number of anilines is 1. The molecule has 8 heteroatoms. The maximum absolute atomic E-state index is 12.8. The van der Waals surface area contributed by atoms with Crippen LogP contribution < -0.4 is 5.32 Å². The van der Waals surface area contributed by atoms with Gasteiger partial charge in [0.15, 0.2) is 5.82 Å². The zero-order valence-electron chi connectivity index (χ0n) is 15.7. The quantitative estimate of drug-likeness (QED) is 0.383. The fourth-order valence-corrected chi connectivity index (χ4v) is 3.58. The summed E-state index contributed by atoms with van der Waals surface area (Å²) in [5.41, 5.74) is 2.99. The maximum atomic E-state index is 12.8. The van der Waals surface area contributed by atoms with Crippen LogP contribution in [-0.4, -0.2) is 20.7 Å². The smallest absolute Gasteiger partial charge is 0.295 e. The van der Waals surface area contributed by atoms with Gasteiger partial charge in [0.2, 0.25) is 5.82 Å². The zero-order valence-corrected chi connectivity index (χ0v) is 18.0. The highest BCUT2D eigenvalue weighted by Gasteiger charge is 2.20. The number of nitrogens with one attached hydrogen (secondary N) is 1. The molecule has 1 N–H and O–H groups in total. The largest absolute Gasteiger partial charge is 0.318 e. The lowest BCUT2D eigenvalue weighted by Crippen LogP contribution is -2.14. The van der Waals surface area contributed by atoms with E-state index in [1.807, 2.05) is 43.3 Å². The first kappa shape index (κ1) is 20.4. The normalized spacial score (nSPS) is 10.8. The van der Waals surface area contributed by atoms with Gasteiger partial charge in [-0.2, -0.15) is 0 Å². The molecule has 0 aliphatic carbocycles. The first-order valence-corrected chi connectivity index (χ1v) is 10.1. The fourth-order valence-electron chi connectivity index (χ4n) is 2.93. The van der Waals surface area contributed by atoms with Crippen molar-refractivity contribution >= 4 is 46.4 Å². The minimum atomic E-state index is -0.492. The second-order valence-corrected chi connectivity index (χ2v) is 7.88. The Balaban J connectivity index is 1.77. The number of rotatable bonds is 4. The topological polar surface area (TPSA) is 59.8 Å². The van der Waals surface area contributed by atoms with E-state index in [4.69, 9.17) is 34.8 Å². The van der Waals surface area contributed by atoms with Crippen molar-refractivity contribution in [3.63, 3.8) is 0 Å². The molecule has 0 spiro atoms. The standard InChI is InChI=1S/C22H15Cl3N4O/c1-13-4-2-7-17(10-13)29-21(14-5-3-6-15(23)11-14)27-20(28-29)22(30)26-19-9-8-16(24)12-18(19)25/h2-12H,1H3,(H,26,30). The van der Waals surface area contributed by atoms with Crippen molar-refractivity contribution < 1.29 is 4.79 Å². The van der Waals surface area contributed by atoms with E-state index in [1.54, 1.807) is 35.0 Å². The Morgan fingerprint density at radius 2 is 1.70 bits per heavy atom. The van der Waals surface area contributed by atoms with Crippen LogP contribution in [0.2, 0.25) is 15.1 Å². The number of carbonyl (C=O) groups excluding carboxylic acids is 1. The van der Waals surface area contributed by atoms with Gasteiger partial charge in [-0.1, -0.05) is 59.1 Å². The molecule has 0 aliphatic heterocycles. The van der Waals surface area contributed by atoms with Gasteiger partial charge in [0.05, 0.1) is 16.4 Å². The van der Waals surface area contributed by atoms with Crippen molar-refractivity contribution in [2.75, 3.05) is 5.32 Å². The number of aromatic nitrogens is 3. The van der Waals surface area contributed by atoms with Crippen molar-refractivity contribution in [3.05, 3.63) is 93.2 Å². The number of nitrogens with zero attached hydrogens (tertiary/aromatic N) is 3. The Labute approximate surface area is 188 Å². The highest BCUT2D eigenvalue weighted by atomic mass is 35.5. The van der Waals surface area contributed by atoms with E-state index in [0.29, 0.717) is 26.6 Å². The molecule has 30 heavy (non-hydrogen) atoms. The second kappa shape index (κ2) is 8.48. The third kappa shape index (κ3) is 4.33. The number of halogens is 3. The van der Waals surface area contributed by atoms with Gasteiger partial charge in [0, 0.05) is 15.6 Å². The van der Waals surface area contributed by atoms with Crippen molar-refractivity contribution in [2.45, 2.75) is 6.92 Å². The van der Waals surface area contributed by atoms with Crippen LogP contribution in [0.3, 0.4) is 0 Å². The molecular weight excluding hydrogens is 443 g/mol. The summed E-state index contributed by atoms with van der Waals surface area (Å²) in [6.45, 7) is 1.98. The Kier molecular flexibility index (Phi) is 5.77. The molecule has 3 aromatic carbocycles. The molecule has 0 saturated carbocycles. The van der Waals surface area contributed by atoms with E-state index in [2.05, 4.69) is 15.4 Å². The summed E-state index contributed by atoms with van der Waals surface area (Å²) < 4.78 is 1.62. The number of amides is 1. The van der Waals surface area contributed by atoms with Gasteiger partial charge in [0.25, 0.3) is 5.91 Å². The molecule has 4 rings (SSSR count). The van der Waals surface area contributed by atoms with E-state index in [0.717, 1.165) is 16.8 Å². The van der Waals surface area contributed by atoms with E-state index in [-0.39, 0.29) is 5.82 Å². The van der Waals surface area contributed by atoms with Crippen molar-refractivity contribution in [3.8, 4) is 17.1 Å². The highest BCUT2D eigenvalue weighted by Crippen LogP contribution is 2.27. The van der Waals surface area contributed by atoms with Crippen LogP contribution in [0, 0.1) is 6.92 Å². The van der Waals surface area contributed by atoms with Gasteiger partial charge in [-0.3, -0.25) is 4.79 Å². The molecule has 150 valence electrons. The van der Waals surface area contributed by atoms with Crippen LogP contribution in [0.1, 0.15) is 16.2 Å². The summed E-state index contributed by atoms with van der Waals surface area (Å²) in [7, 11) is 0. The molecule has 1 aromatic heterocycles. The van der Waals surface area contributed by atoms with E-state index in [9.17, 15) is 4.79 Å². The minimum Gasteiger partial charge on any atom is -0.318 e. The third-order valence-electron chi connectivity index (χ3n) is 4.32. The molecule has 0 saturated heterocycles. The molecule has 1 amide bonds. The van der Waals surface area contributed by atoms with E-state index >= 15 is 0 Å². The first-order chi connectivity index (χ1) is 14.4. The predicted molar refractivity (Wildman–Crippen MR) is 121 cm³/mol. The molecule has 5 nitrogen and oxygen atoms in total. The Morgan fingerprint density at radius 1 is 0.933 bits per heavy atom. The zero-order chi connectivity index (χ0) is 21.3. The lowest BCUT2D eigenvalue weighted by molar-refractivity contribution is 0.101. The van der Waals surface area contributed by atoms with Crippen LogP contribution in [0.4, 0.5) is 5.69 Å². The number of hydrogen-bond donors (Lipinski definition) is 1. The molecular formula is C22H15Cl3N4O. The van der Waals surface area contributed by atoms with Crippen LogP contribution in [0.15, 0.2) is 66.7 Å². The van der Waals surface area contributed by atoms with Gasteiger partial charge < -0.3 is 5.32 Å². The number of benzene rings is 3. The maximum Gasteiger partial charge on any atom is 0.295 e. The SMILES string of the molecule is Cc1cccc(-n2nc(C(=O)Nc3ccc(Cl)cc3Cl)nc2-c2cccc(Cl)c2)c1. The fraction of sp³-hybridized carbons (Fsp3) is 0.0455. The summed E-state index contributed by atoms with van der Waals surface area (Å²) in [4.78, 5) is 17.3. The Morgan fingerprint density at radius 3 is 2.43 bits per heavy atom. The summed E-state index contributed by atoms with van der Waals surface area (Å²) in [5.74, 6) is 0.00172. The minimum absolute atomic E-state index is 0.00232.